The Balaban J connectivity index is 2.05. The molecule has 1 heterocycles. The Labute approximate surface area is 119 Å². The number of carbonyl (C=O) groups is 2. The minimum atomic E-state index is -0.454. The highest BCUT2D eigenvalue weighted by Crippen LogP contribution is 2.14. The van der Waals surface area contributed by atoms with Gasteiger partial charge in [0.05, 0.1) is 13.0 Å². The van der Waals surface area contributed by atoms with Crippen LogP contribution in [-0.2, 0) is 16.0 Å². The van der Waals surface area contributed by atoms with Crippen LogP contribution in [0.5, 0.6) is 0 Å². The number of primary amides is 1. The first-order valence-electron chi connectivity index (χ1n) is 6.99. The summed E-state index contributed by atoms with van der Waals surface area (Å²) in [6.07, 6.45) is 2.06. The number of hydrogen-bond acceptors (Lipinski definition) is 3. The summed E-state index contributed by atoms with van der Waals surface area (Å²) < 4.78 is 0. The van der Waals surface area contributed by atoms with Crippen LogP contribution in [0.3, 0.4) is 0 Å². The van der Waals surface area contributed by atoms with Crippen LogP contribution in [0.2, 0.25) is 0 Å². The zero-order valence-corrected chi connectivity index (χ0v) is 11.5. The predicted molar refractivity (Wildman–Crippen MR) is 76.9 cm³/mol. The third-order valence-electron chi connectivity index (χ3n) is 3.59. The molecule has 108 valence electrons. The maximum Gasteiger partial charge on any atom is 0.237 e. The highest BCUT2D eigenvalue weighted by Gasteiger charge is 2.26. The van der Waals surface area contributed by atoms with Gasteiger partial charge in [-0.1, -0.05) is 30.3 Å². The predicted octanol–water partition coefficient (Wildman–Crippen LogP) is 0.295. The molecule has 1 aliphatic rings. The molecule has 0 atom stereocenters. The van der Waals surface area contributed by atoms with Crippen molar-refractivity contribution in [1.82, 2.24) is 10.2 Å². The second-order valence-electron chi connectivity index (χ2n) is 5.13. The molecular formula is C15H21N3O2. The first-order chi connectivity index (χ1) is 9.66. The third-order valence-corrected chi connectivity index (χ3v) is 3.59. The number of rotatable bonds is 5. The van der Waals surface area contributed by atoms with Crippen molar-refractivity contribution in [3.05, 3.63) is 35.9 Å². The van der Waals surface area contributed by atoms with Gasteiger partial charge in [0.1, 0.15) is 0 Å². The highest BCUT2D eigenvalue weighted by molar-refractivity contribution is 5.85. The third kappa shape index (κ3) is 4.06. The lowest BCUT2D eigenvalue weighted by Crippen LogP contribution is -2.49. The van der Waals surface area contributed by atoms with Gasteiger partial charge < -0.3 is 16.0 Å². The molecular weight excluding hydrogens is 254 g/mol. The Hall–Kier alpha value is -1.88. The van der Waals surface area contributed by atoms with Gasteiger partial charge in [0.2, 0.25) is 11.8 Å². The SMILES string of the molecule is NC(=O)CN(C(=O)Cc1ccccc1)C1CCNCC1. The first kappa shape index (κ1) is 14.5. The summed E-state index contributed by atoms with van der Waals surface area (Å²) in [6.45, 7) is 1.76. The Kier molecular flexibility index (Phi) is 5.12. The van der Waals surface area contributed by atoms with E-state index in [1.807, 2.05) is 30.3 Å². The number of benzene rings is 1. The molecule has 20 heavy (non-hydrogen) atoms. The number of amides is 2. The fourth-order valence-electron chi connectivity index (χ4n) is 2.58. The van der Waals surface area contributed by atoms with Gasteiger partial charge in [-0.15, -0.1) is 0 Å². The number of hydrogen-bond donors (Lipinski definition) is 2. The van der Waals surface area contributed by atoms with E-state index in [4.69, 9.17) is 5.73 Å². The van der Waals surface area contributed by atoms with E-state index in [1.54, 1.807) is 4.90 Å². The molecule has 2 rings (SSSR count). The quantitative estimate of drug-likeness (QED) is 0.811. The summed E-state index contributed by atoms with van der Waals surface area (Å²) in [7, 11) is 0. The molecule has 2 amide bonds. The molecule has 0 radical (unpaired) electrons. The minimum absolute atomic E-state index is 0.0103. The second kappa shape index (κ2) is 7.05. The fraction of sp³-hybridized carbons (Fsp3) is 0.467. The molecule has 1 fully saturated rings. The van der Waals surface area contributed by atoms with Crippen molar-refractivity contribution in [2.75, 3.05) is 19.6 Å². The lowest BCUT2D eigenvalue weighted by Gasteiger charge is -2.34. The van der Waals surface area contributed by atoms with Crippen LogP contribution in [0.1, 0.15) is 18.4 Å². The first-order valence-corrected chi connectivity index (χ1v) is 6.99. The van der Waals surface area contributed by atoms with E-state index in [0.29, 0.717) is 6.42 Å². The second-order valence-corrected chi connectivity index (χ2v) is 5.13. The standard InChI is InChI=1S/C15H21N3O2/c16-14(19)11-18(13-6-8-17-9-7-13)15(20)10-12-4-2-1-3-5-12/h1-5,13,17H,6-11H2,(H2,16,19). The summed E-state index contributed by atoms with van der Waals surface area (Å²) >= 11 is 0. The molecule has 0 aliphatic carbocycles. The van der Waals surface area contributed by atoms with Gasteiger partial charge in [-0.2, -0.15) is 0 Å². The highest BCUT2D eigenvalue weighted by atomic mass is 16.2. The molecule has 3 N–H and O–H groups in total. The molecule has 0 saturated carbocycles. The van der Waals surface area contributed by atoms with Crippen LogP contribution < -0.4 is 11.1 Å². The number of nitrogens with one attached hydrogen (secondary N) is 1. The van der Waals surface area contributed by atoms with E-state index < -0.39 is 5.91 Å². The van der Waals surface area contributed by atoms with Crippen LogP contribution in [0.25, 0.3) is 0 Å². The molecule has 1 aromatic rings. The molecule has 1 saturated heterocycles. The molecule has 0 unspecified atom stereocenters. The lowest BCUT2D eigenvalue weighted by molar-refractivity contribution is -0.137. The number of piperidine rings is 1. The summed E-state index contributed by atoms with van der Waals surface area (Å²) in [5.74, 6) is -0.480. The van der Waals surface area contributed by atoms with E-state index >= 15 is 0 Å². The summed E-state index contributed by atoms with van der Waals surface area (Å²) in [6, 6.07) is 9.69. The van der Waals surface area contributed by atoms with Crippen molar-refractivity contribution in [3.8, 4) is 0 Å². The van der Waals surface area contributed by atoms with Crippen molar-refractivity contribution < 1.29 is 9.59 Å². The smallest absolute Gasteiger partial charge is 0.237 e. The molecule has 0 aromatic heterocycles. The van der Waals surface area contributed by atoms with Crippen LogP contribution in [-0.4, -0.2) is 42.4 Å². The van der Waals surface area contributed by atoms with E-state index in [1.165, 1.54) is 0 Å². The molecule has 5 heteroatoms. The van der Waals surface area contributed by atoms with Gasteiger partial charge in [-0.25, -0.2) is 0 Å². The summed E-state index contributed by atoms with van der Waals surface area (Å²) in [4.78, 5) is 25.3. The van der Waals surface area contributed by atoms with Crippen LogP contribution >= 0.6 is 0 Å². The number of carbonyl (C=O) groups excluding carboxylic acids is 2. The van der Waals surface area contributed by atoms with Gasteiger partial charge in [-0.05, 0) is 31.5 Å². The zero-order valence-electron chi connectivity index (χ0n) is 11.5. The summed E-state index contributed by atoms with van der Waals surface area (Å²) in [5, 5.41) is 3.26. The maximum atomic E-state index is 12.4. The topological polar surface area (TPSA) is 75.4 Å². The molecule has 1 aliphatic heterocycles. The Morgan fingerprint density at radius 2 is 1.85 bits per heavy atom. The van der Waals surface area contributed by atoms with E-state index in [0.717, 1.165) is 31.5 Å². The minimum Gasteiger partial charge on any atom is -0.368 e. The van der Waals surface area contributed by atoms with E-state index in [2.05, 4.69) is 5.32 Å². The van der Waals surface area contributed by atoms with Crippen molar-refractivity contribution in [1.29, 1.82) is 0 Å². The van der Waals surface area contributed by atoms with Gasteiger partial charge >= 0.3 is 0 Å². The molecule has 1 aromatic carbocycles. The van der Waals surface area contributed by atoms with Gasteiger partial charge in [0.15, 0.2) is 0 Å². The Bertz CT molecular complexity index is 455. The Morgan fingerprint density at radius 1 is 1.20 bits per heavy atom. The number of nitrogens with two attached hydrogens (primary N) is 1. The molecule has 5 nitrogen and oxygen atoms in total. The number of nitrogens with zero attached hydrogens (tertiary/aromatic N) is 1. The average molecular weight is 275 g/mol. The molecule has 0 bridgehead atoms. The van der Waals surface area contributed by atoms with Crippen molar-refractivity contribution >= 4 is 11.8 Å². The van der Waals surface area contributed by atoms with Crippen molar-refractivity contribution in [2.24, 2.45) is 5.73 Å². The van der Waals surface area contributed by atoms with Crippen LogP contribution in [0, 0.1) is 0 Å². The maximum absolute atomic E-state index is 12.4. The normalized spacial score (nSPS) is 15.8. The largest absolute Gasteiger partial charge is 0.368 e. The molecule has 0 spiro atoms. The van der Waals surface area contributed by atoms with Crippen molar-refractivity contribution in [3.63, 3.8) is 0 Å². The van der Waals surface area contributed by atoms with Gasteiger partial charge in [0, 0.05) is 6.04 Å². The summed E-state index contributed by atoms with van der Waals surface area (Å²) in [5.41, 5.74) is 6.24. The van der Waals surface area contributed by atoms with Crippen molar-refractivity contribution in [2.45, 2.75) is 25.3 Å². The van der Waals surface area contributed by atoms with Crippen LogP contribution in [0.4, 0.5) is 0 Å². The lowest BCUT2D eigenvalue weighted by atomic mass is 10.0. The average Bonchev–Trinajstić information content (AvgIpc) is 2.46. The van der Waals surface area contributed by atoms with Gasteiger partial charge in [0.25, 0.3) is 0 Å². The zero-order chi connectivity index (χ0) is 14.4. The van der Waals surface area contributed by atoms with Gasteiger partial charge in [-0.3, -0.25) is 9.59 Å². The van der Waals surface area contributed by atoms with Crippen LogP contribution in [0.15, 0.2) is 30.3 Å². The Morgan fingerprint density at radius 3 is 2.45 bits per heavy atom. The van der Waals surface area contributed by atoms with E-state index in [-0.39, 0.29) is 18.5 Å². The fourth-order valence-corrected chi connectivity index (χ4v) is 2.58. The van der Waals surface area contributed by atoms with E-state index in [9.17, 15) is 9.59 Å². The monoisotopic (exact) mass is 275 g/mol.